The predicted octanol–water partition coefficient (Wildman–Crippen LogP) is 5.79. The Morgan fingerprint density at radius 3 is 2.69 bits per heavy atom. The number of hydrogen-bond donors (Lipinski definition) is 0. The minimum Gasteiger partial charge on any atom is -0.467 e. The van der Waals surface area contributed by atoms with Crippen LogP contribution in [0.3, 0.4) is 0 Å². The molecule has 1 aliphatic heterocycles. The van der Waals surface area contributed by atoms with Crippen LogP contribution < -0.4 is 4.74 Å². The third-order valence-electron chi connectivity index (χ3n) is 5.05. The molecule has 1 aliphatic rings. The maximum Gasteiger partial charge on any atom is 0.274 e. The van der Waals surface area contributed by atoms with Gasteiger partial charge in [0, 0.05) is 41.6 Å². The van der Waals surface area contributed by atoms with E-state index in [1.165, 1.54) is 5.56 Å². The van der Waals surface area contributed by atoms with Crippen LogP contribution in [-0.2, 0) is 0 Å². The number of thioether (sulfide) groups is 1. The molecular formula is C23H26N2O2S2. The summed E-state index contributed by atoms with van der Waals surface area (Å²) in [7, 11) is 0. The van der Waals surface area contributed by atoms with Gasteiger partial charge in [-0.2, -0.15) is 0 Å². The van der Waals surface area contributed by atoms with E-state index in [1.807, 2.05) is 23.1 Å². The van der Waals surface area contributed by atoms with E-state index in [1.54, 1.807) is 23.1 Å². The summed E-state index contributed by atoms with van der Waals surface area (Å²) in [4.78, 5) is 20.7. The predicted molar refractivity (Wildman–Crippen MR) is 121 cm³/mol. The molecule has 4 rings (SSSR count). The highest BCUT2D eigenvalue weighted by molar-refractivity contribution is 7.99. The summed E-state index contributed by atoms with van der Waals surface area (Å²) in [5.41, 5.74) is 2.97. The molecule has 1 saturated heterocycles. The van der Waals surface area contributed by atoms with Crippen molar-refractivity contribution in [2.24, 2.45) is 0 Å². The van der Waals surface area contributed by atoms with Crippen molar-refractivity contribution in [2.45, 2.75) is 49.9 Å². The minimum absolute atomic E-state index is 0.114. The number of carbonyl (C=O) groups is 1. The van der Waals surface area contributed by atoms with Crippen molar-refractivity contribution in [1.82, 2.24) is 9.88 Å². The summed E-state index contributed by atoms with van der Waals surface area (Å²) in [5.74, 6) is 0.116. The third-order valence-corrected chi connectivity index (χ3v) is 6.96. The van der Waals surface area contributed by atoms with Gasteiger partial charge in [0.1, 0.15) is 6.10 Å². The SMILES string of the molecule is Cc1cccc2sc(OC3CCN(C(=O)c4cccc(SC(C)C)c4)CC3)nc12. The average Bonchev–Trinajstić information content (AvgIpc) is 3.12. The first-order valence-corrected chi connectivity index (χ1v) is 11.8. The van der Waals surface area contributed by atoms with Gasteiger partial charge in [0.05, 0.1) is 10.2 Å². The first-order chi connectivity index (χ1) is 14.0. The molecule has 0 atom stereocenters. The van der Waals surface area contributed by atoms with Gasteiger partial charge in [-0.15, -0.1) is 11.8 Å². The molecular weight excluding hydrogens is 400 g/mol. The Hall–Kier alpha value is -2.05. The zero-order valence-electron chi connectivity index (χ0n) is 17.1. The number of para-hydroxylation sites is 1. The number of ether oxygens (including phenoxy) is 1. The third kappa shape index (κ3) is 4.75. The monoisotopic (exact) mass is 426 g/mol. The fourth-order valence-electron chi connectivity index (χ4n) is 3.59. The number of thiazole rings is 1. The summed E-state index contributed by atoms with van der Waals surface area (Å²) >= 11 is 3.38. The molecule has 0 aliphatic carbocycles. The summed E-state index contributed by atoms with van der Waals surface area (Å²) in [6, 6.07) is 14.2. The Bertz CT molecular complexity index is 1010. The van der Waals surface area contributed by atoms with Crippen molar-refractivity contribution in [3.63, 3.8) is 0 Å². The number of fused-ring (bicyclic) bond motifs is 1. The average molecular weight is 427 g/mol. The van der Waals surface area contributed by atoms with Gasteiger partial charge in [0.25, 0.3) is 11.1 Å². The highest BCUT2D eigenvalue weighted by atomic mass is 32.2. The topological polar surface area (TPSA) is 42.4 Å². The Labute approximate surface area is 180 Å². The van der Waals surface area contributed by atoms with Gasteiger partial charge >= 0.3 is 0 Å². The quantitative estimate of drug-likeness (QED) is 0.484. The lowest BCUT2D eigenvalue weighted by Gasteiger charge is -2.31. The van der Waals surface area contributed by atoms with Gasteiger partial charge in [-0.3, -0.25) is 4.79 Å². The van der Waals surface area contributed by atoms with E-state index in [9.17, 15) is 4.79 Å². The number of likely N-dealkylation sites (tertiary alicyclic amines) is 1. The fraction of sp³-hybridized carbons (Fsp3) is 0.391. The number of nitrogens with zero attached hydrogens (tertiary/aromatic N) is 2. The summed E-state index contributed by atoms with van der Waals surface area (Å²) < 4.78 is 7.32. The number of aromatic nitrogens is 1. The Morgan fingerprint density at radius 2 is 1.97 bits per heavy atom. The second-order valence-corrected chi connectivity index (χ2v) is 10.3. The molecule has 0 spiro atoms. The number of carbonyl (C=O) groups excluding carboxylic acids is 1. The van der Waals surface area contributed by atoms with Gasteiger partial charge in [-0.25, -0.2) is 4.98 Å². The molecule has 0 N–H and O–H groups in total. The number of hydrogen-bond acceptors (Lipinski definition) is 5. The molecule has 0 radical (unpaired) electrons. The molecule has 29 heavy (non-hydrogen) atoms. The molecule has 3 aromatic rings. The largest absolute Gasteiger partial charge is 0.467 e. The van der Waals surface area contributed by atoms with Crippen LogP contribution in [0.5, 0.6) is 5.19 Å². The maximum absolute atomic E-state index is 12.9. The second kappa shape index (κ2) is 8.76. The van der Waals surface area contributed by atoms with Crippen LogP contribution in [0, 0.1) is 6.92 Å². The van der Waals surface area contributed by atoms with Crippen molar-refractivity contribution < 1.29 is 9.53 Å². The molecule has 1 aromatic heterocycles. The lowest BCUT2D eigenvalue weighted by Crippen LogP contribution is -2.41. The molecule has 152 valence electrons. The van der Waals surface area contributed by atoms with Crippen LogP contribution in [-0.4, -0.2) is 40.2 Å². The van der Waals surface area contributed by atoms with Crippen LogP contribution in [0.4, 0.5) is 0 Å². The lowest BCUT2D eigenvalue weighted by atomic mass is 10.1. The van der Waals surface area contributed by atoms with Crippen molar-refractivity contribution in [3.8, 4) is 5.19 Å². The molecule has 0 saturated carbocycles. The number of rotatable bonds is 5. The molecule has 1 amide bonds. The first kappa shape index (κ1) is 20.2. The highest BCUT2D eigenvalue weighted by Crippen LogP contribution is 2.31. The number of benzene rings is 2. The standard InChI is InChI=1S/C23H26N2O2S2/c1-15(2)28-19-8-5-7-17(14-19)22(26)25-12-10-18(11-13-25)27-23-24-21-16(3)6-4-9-20(21)29-23/h4-9,14-15,18H,10-13H2,1-3H3. The summed E-state index contributed by atoms with van der Waals surface area (Å²) in [6.45, 7) is 7.84. The van der Waals surface area contributed by atoms with E-state index in [2.05, 4.69) is 50.0 Å². The van der Waals surface area contributed by atoms with E-state index >= 15 is 0 Å². The summed E-state index contributed by atoms with van der Waals surface area (Å²) in [5, 5.41) is 1.23. The molecule has 2 aromatic carbocycles. The van der Waals surface area contributed by atoms with Gasteiger partial charge in [-0.1, -0.05) is 43.4 Å². The number of amides is 1. The fourth-order valence-corrected chi connectivity index (χ4v) is 5.45. The molecule has 4 nitrogen and oxygen atoms in total. The Kier molecular flexibility index (Phi) is 6.11. The molecule has 0 bridgehead atoms. The van der Waals surface area contributed by atoms with E-state index in [4.69, 9.17) is 4.74 Å². The number of aryl methyl sites for hydroxylation is 1. The maximum atomic E-state index is 12.9. The highest BCUT2D eigenvalue weighted by Gasteiger charge is 2.25. The second-order valence-electron chi connectivity index (χ2n) is 7.71. The summed E-state index contributed by atoms with van der Waals surface area (Å²) in [6.07, 6.45) is 1.78. The van der Waals surface area contributed by atoms with Crippen LogP contribution >= 0.6 is 23.1 Å². The number of piperidine rings is 1. The van der Waals surface area contributed by atoms with Crippen LogP contribution in [0.15, 0.2) is 47.4 Å². The van der Waals surface area contributed by atoms with Gasteiger partial charge in [0.15, 0.2) is 0 Å². The molecule has 1 fully saturated rings. The minimum atomic E-state index is 0.114. The van der Waals surface area contributed by atoms with Crippen LogP contribution in [0.25, 0.3) is 10.2 Å². The van der Waals surface area contributed by atoms with Gasteiger partial charge in [0.2, 0.25) is 0 Å². The Balaban J connectivity index is 1.36. The first-order valence-electron chi connectivity index (χ1n) is 10.1. The Morgan fingerprint density at radius 1 is 1.21 bits per heavy atom. The van der Waals surface area contributed by atoms with E-state index < -0.39 is 0 Å². The van der Waals surface area contributed by atoms with Crippen LogP contribution in [0.1, 0.15) is 42.6 Å². The van der Waals surface area contributed by atoms with E-state index in [0.717, 1.165) is 51.8 Å². The zero-order valence-corrected chi connectivity index (χ0v) is 18.7. The van der Waals surface area contributed by atoms with Crippen molar-refractivity contribution in [3.05, 3.63) is 53.6 Å². The molecule has 0 unspecified atom stereocenters. The van der Waals surface area contributed by atoms with Gasteiger partial charge in [-0.05, 0) is 36.8 Å². The van der Waals surface area contributed by atoms with Gasteiger partial charge < -0.3 is 9.64 Å². The van der Waals surface area contributed by atoms with Crippen LogP contribution in [0.2, 0.25) is 0 Å². The van der Waals surface area contributed by atoms with E-state index in [0.29, 0.717) is 5.25 Å². The van der Waals surface area contributed by atoms with Crippen molar-refractivity contribution in [1.29, 1.82) is 0 Å². The lowest BCUT2D eigenvalue weighted by molar-refractivity contribution is 0.0595. The zero-order chi connectivity index (χ0) is 20.4. The van der Waals surface area contributed by atoms with Crippen molar-refractivity contribution in [2.75, 3.05) is 13.1 Å². The smallest absolute Gasteiger partial charge is 0.274 e. The normalized spacial score (nSPS) is 15.2. The molecule has 2 heterocycles. The van der Waals surface area contributed by atoms with Crippen molar-refractivity contribution >= 4 is 39.2 Å². The molecule has 6 heteroatoms. The van der Waals surface area contributed by atoms with E-state index in [-0.39, 0.29) is 12.0 Å².